The fourth-order valence-electron chi connectivity index (χ4n) is 2.26. The van der Waals surface area contributed by atoms with Gasteiger partial charge in [-0.1, -0.05) is 53.9 Å². The van der Waals surface area contributed by atoms with Gasteiger partial charge >= 0.3 is 0 Å². The van der Waals surface area contributed by atoms with Crippen LogP contribution in [-0.2, 0) is 0 Å². The van der Waals surface area contributed by atoms with Crippen molar-refractivity contribution in [2.24, 2.45) is 17.8 Å². The van der Waals surface area contributed by atoms with E-state index in [0.717, 1.165) is 11.8 Å². The molecule has 0 nitrogen and oxygen atoms in total. The summed E-state index contributed by atoms with van der Waals surface area (Å²) in [6, 6.07) is 0. The largest absolute Gasteiger partial charge is 0.0625 e. The summed E-state index contributed by atoms with van der Waals surface area (Å²) in [4.78, 5) is 0. The Morgan fingerprint density at radius 1 is 1.07 bits per heavy atom. The van der Waals surface area contributed by atoms with Crippen LogP contribution in [0.1, 0.15) is 59.8 Å². The van der Waals surface area contributed by atoms with Crippen LogP contribution in [0.4, 0.5) is 0 Å². The molecule has 0 saturated heterocycles. The quantitative estimate of drug-likeness (QED) is 0.484. The van der Waals surface area contributed by atoms with Crippen molar-refractivity contribution < 1.29 is 0 Å². The van der Waals surface area contributed by atoms with Gasteiger partial charge in [0.05, 0.1) is 0 Å². The molecule has 0 aliphatic heterocycles. The molecule has 0 spiro atoms. The molecule has 0 amide bonds. The highest BCUT2D eigenvalue weighted by Crippen LogP contribution is 2.22. The summed E-state index contributed by atoms with van der Waals surface area (Å²) >= 11 is 0. The Morgan fingerprint density at radius 2 is 1.71 bits per heavy atom. The molecule has 0 heteroatoms. The van der Waals surface area contributed by atoms with Gasteiger partial charge in [-0.15, -0.1) is 0 Å². The van der Waals surface area contributed by atoms with Gasteiger partial charge in [-0.25, -0.2) is 0 Å². The lowest BCUT2D eigenvalue weighted by atomic mass is 9.88. The van der Waals surface area contributed by atoms with Crippen LogP contribution in [0.2, 0.25) is 0 Å². The Morgan fingerprint density at radius 3 is 2.21 bits per heavy atom. The number of hydrogen-bond donors (Lipinski definition) is 0. The molecule has 0 heterocycles. The van der Waals surface area contributed by atoms with E-state index in [0.29, 0.717) is 5.92 Å². The Labute approximate surface area is 91.5 Å². The molecule has 0 bridgehead atoms. The predicted octanol–water partition coefficient (Wildman–Crippen LogP) is 4.90. The lowest BCUT2D eigenvalue weighted by Gasteiger charge is -2.18. The SMILES string of the molecule is [CH2]C(C)CC(C)CC(C)CCC[CH]C. The van der Waals surface area contributed by atoms with E-state index < -0.39 is 0 Å². The van der Waals surface area contributed by atoms with Gasteiger partial charge in [-0.05, 0) is 37.0 Å². The summed E-state index contributed by atoms with van der Waals surface area (Å²) < 4.78 is 0. The minimum atomic E-state index is 0.612. The van der Waals surface area contributed by atoms with E-state index in [1.54, 1.807) is 0 Å². The molecular weight excluding hydrogens is 168 g/mol. The van der Waals surface area contributed by atoms with Crippen molar-refractivity contribution in [1.29, 1.82) is 0 Å². The van der Waals surface area contributed by atoms with E-state index >= 15 is 0 Å². The zero-order valence-corrected chi connectivity index (χ0v) is 10.6. The van der Waals surface area contributed by atoms with Crippen molar-refractivity contribution in [2.45, 2.75) is 59.8 Å². The summed E-state index contributed by atoms with van der Waals surface area (Å²) in [6.45, 7) is 13.2. The van der Waals surface area contributed by atoms with Crippen molar-refractivity contribution in [1.82, 2.24) is 0 Å². The second-order valence-electron chi connectivity index (χ2n) is 5.13. The third kappa shape index (κ3) is 8.59. The van der Waals surface area contributed by atoms with Crippen molar-refractivity contribution in [3.63, 3.8) is 0 Å². The van der Waals surface area contributed by atoms with Crippen molar-refractivity contribution in [3.8, 4) is 0 Å². The summed E-state index contributed by atoms with van der Waals surface area (Å²) in [6.07, 6.45) is 8.97. The number of unbranched alkanes of at least 4 members (excludes halogenated alkanes) is 2. The maximum Gasteiger partial charge on any atom is -0.0417 e. The first kappa shape index (κ1) is 14.0. The molecule has 2 radical (unpaired) electrons. The maximum absolute atomic E-state index is 4.06. The first-order valence-corrected chi connectivity index (χ1v) is 6.17. The Hall–Kier alpha value is 0. The van der Waals surface area contributed by atoms with E-state index in [1.165, 1.54) is 32.1 Å². The van der Waals surface area contributed by atoms with Gasteiger partial charge in [0.1, 0.15) is 0 Å². The fraction of sp³-hybridized carbons (Fsp3) is 0.857. The first-order chi connectivity index (χ1) is 6.56. The lowest BCUT2D eigenvalue weighted by molar-refractivity contribution is 0.349. The average Bonchev–Trinajstić information content (AvgIpc) is 2.02. The third-order valence-corrected chi connectivity index (χ3v) is 2.80. The zero-order chi connectivity index (χ0) is 11.0. The molecule has 0 aliphatic rings. The Bertz CT molecular complexity index is 115. The summed E-state index contributed by atoms with van der Waals surface area (Å²) in [5, 5.41) is 0. The second kappa shape index (κ2) is 8.32. The summed E-state index contributed by atoms with van der Waals surface area (Å²) in [7, 11) is 0. The molecule has 0 fully saturated rings. The molecule has 0 N–H and O–H groups in total. The van der Waals surface area contributed by atoms with E-state index in [2.05, 4.69) is 41.0 Å². The molecule has 0 aromatic rings. The lowest BCUT2D eigenvalue weighted by Crippen LogP contribution is -2.06. The molecule has 0 aromatic heterocycles. The van der Waals surface area contributed by atoms with Crippen LogP contribution in [0.15, 0.2) is 0 Å². The number of rotatable bonds is 8. The van der Waals surface area contributed by atoms with E-state index in [9.17, 15) is 0 Å². The average molecular weight is 196 g/mol. The summed E-state index contributed by atoms with van der Waals surface area (Å²) in [5.74, 6) is 2.35. The van der Waals surface area contributed by atoms with Crippen LogP contribution in [0.3, 0.4) is 0 Å². The van der Waals surface area contributed by atoms with Crippen LogP contribution in [0, 0.1) is 31.1 Å². The smallest absolute Gasteiger partial charge is 0.0417 e. The van der Waals surface area contributed by atoms with Gasteiger partial charge in [-0.2, -0.15) is 0 Å². The highest BCUT2D eigenvalue weighted by Gasteiger charge is 2.09. The molecule has 0 aliphatic carbocycles. The second-order valence-corrected chi connectivity index (χ2v) is 5.13. The van der Waals surface area contributed by atoms with Crippen molar-refractivity contribution >= 4 is 0 Å². The van der Waals surface area contributed by atoms with Crippen LogP contribution >= 0.6 is 0 Å². The molecule has 0 aromatic carbocycles. The monoisotopic (exact) mass is 196 g/mol. The van der Waals surface area contributed by atoms with Gasteiger partial charge in [0.2, 0.25) is 0 Å². The van der Waals surface area contributed by atoms with E-state index in [1.807, 2.05) is 0 Å². The Balaban J connectivity index is 3.44. The zero-order valence-electron chi connectivity index (χ0n) is 10.6. The first-order valence-electron chi connectivity index (χ1n) is 6.17. The molecular formula is C14H28. The molecule has 0 saturated carbocycles. The van der Waals surface area contributed by atoms with Crippen LogP contribution in [-0.4, -0.2) is 0 Å². The third-order valence-electron chi connectivity index (χ3n) is 2.80. The highest BCUT2D eigenvalue weighted by molar-refractivity contribution is 4.65. The summed E-state index contributed by atoms with van der Waals surface area (Å²) in [5.41, 5.74) is 0. The standard InChI is InChI=1S/C14H28/c1-6-7-8-9-13(4)11-14(5)10-12(2)3/h6,12-14H,2,7-11H2,1,3-5H3. The molecule has 0 rings (SSSR count). The molecule has 3 unspecified atom stereocenters. The Kier molecular flexibility index (Phi) is 8.32. The molecule has 84 valence electrons. The molecule has 3 atom stereocenters. The van der Waals surface area contributed by atoms with Crippen LogP contribution in [0.25, 0.3) is 0 Å². The topological polar surface area (TPSA) is 0 Å². The van der Waals surface area contributed by atoms with Gasteiger partial charge < -0.3 is 0 Å². The van der Waals surface area contributed by atoms with Crippen molar-refractivity contribution in [3.05, 3.63) is 13.3 Å². The van der Waals surface area contributed by atoms with Gasteiger partial charge in [0.25, 0.3) is 0 Å². The normalized spacial score (nSPS) is 15.9. The highest BCUT2D eigenvalue weighted by atomic mass is 14.2. The minimum Gasteiger partial charge on any atom is -0.0625 e. The van der Waals surface area contributed by atoms with E-state index in [-0.39, 0.29) is 0 Å². The molecule has 14 heavy (non-hydrogen) atoms. The van der Waals surface area contributed by atoms with Gasteiger partial charge in [0, 0.05) is 0 Å². The van der Waals surface area contributed by atoms with Crippen LogP contribution < -0.4 is 0 Å². The number of hydrogen-bond acceptors (Lipinski definition) is 0. The van der Waals surface area contributed by atoms with Crippen molar-refractivity contribution in [2.75, 3.05) is 0 Å². The van der Waals surface area contributed by atoms with Gasteiger partial charge in [-0.3, -0.25) is 0 Å². The maximum atomic E-state index is 4.06. The minimum absolute atomic E-state index is 0.612. The van der Waals surface area contributed by atoms with Gasteiger partial charge in [0.15, 0.2) is 0 Å². The van der Waals surface area contributed by atoms with Crippen LogP contribution in [0.5, 0.6) is 0 Å². The van der Waals surface area contributed by atoms with E-state index in [4.69, 9.17) is 0 Å². The predicted molar refractivity (Wildman–Crippen MR) is 65.9 cm³/mol. The fourth-order valence-corrected chi connectivity index (χ4v) is 2.26.